The van der Waals surface area contributed by atoms with Gasteiger partial charge < -0.3 is 24.6 Å². The van der Waals surface area contributed by atoms with E-state index in [0.717, 1.165) is 22.2 Å². The van der Waals surface area contributed by atoms with Crippen molar-refractivity contribution in [2.24, 2.45) is 14.1 Å². The van der Waals surface area contributed by atoms with Crippen LogP contribution in [0.15, 0.2) is 59.4 Å². The number of ether oxygens (including phenoxy) is 3. The van der Waals surface area contributed by atoms with Crippen LogP contribution in [0.5, 0.6) is 17.2 Å². The molecule has 1 heterocycles. The number of fused-ring (bicyclic) bond motifs is 1. The van der Waals surface area contributed by atoms with Gasteiger partial charge in [0.05, 0.1) is 36.5 Å². The first kappa shape index (κ1) is 23.7. The van der Waals surface area contributed by atoms with E-state index in [2.05, 4.69) is 5.32 Å². The third-order valence-electron chi connectivity index (χ3n) is 5.89. The summed E-state index contributed by atoms with van der Waals surface area (Å²) in [6, 6.07) is 16.0. The average molecular weight is 478 g/mol. The van der Waals surface area contributed by atoms with E-state index in [1.54, 1.807) is 36.4 Å². The molecule has 2 N–H and O–H groups in total. The molecule has 4 rings (SSSR count). The van der Waals surface area contributed by atoms with Crippen molar-refractivity contribution in [2.75, 3.05) is 19.5 Å². The van der Waals surface area contributed by atoms with Crippen LogP contribution >= 0.6 is 0 Å². The van der Waals surface area contributed by atoms with Crippen LogP contribution in [0.1, 0.15) is 21.5 Å². The lowest BCUT2D eigenvalue weighted by Crippen LogP contribution is -2.19. The molecule has 1 aromatic heterocycles. The summed E-state index contributed by atoms with van der Waals surface area (Å²) in [5.74, 6) is 0.704. The lowest BCUT2D eigenvalue weighted by atomic mass is 10.1. The van der Waals surface area contributed by atoms with Gasteiger partial charge in [-0.2, -0.15) is 0 Å². The van der Waals surface area contributed by atoms with Crippen LogP contribution in [0.4, 0.5) is 5.69 Å². The normalized spacial score (nSPS) is 10.9. The average Bonchev–Trinajstić information content (AvgIpc) is 3.09. The van der Waals surface area contributed by atoms with Gasteiger partial charge in [-0.15, -0.1) is 0 Å². The van der Waals surface area contributed by atoms with Gasteiger partial charge in [0.1, 0.15) is 12.4 Å². The number of methoxy groups -OCH3 is 2. The number of anilines is 1. The van der Waals surface area contributed by atoms with Crippen LogP contribution in [0, 0.1) is 0 Å². The van der Waals surface area contributed by atoms with Crippen molar-refractivity contribution in [3.05, 3.63) is 81.8 Å². The van der Waals surface area contributed by atoms with Gasteiger partial charge in [-0.3, -0.25) is 9.13 Å². The van der Waals surface area contributed by atoms with Gasteiger partial charge in [0.15, 0.2) is 11.5 Å². The van der Waals surface area contributed by atoms with E-state index < -0.39 is 5.97 Å². The number of rotatable bonds is 9. The molecule has 182 valence electrons. The molecule has 0 aliphatic rings. The molecule has 0 bridgehead atoms. The zero-order valence-electron chi connectivity index (χ0n) is 20.0. The fourth-order valence-electron chi connectivity index (χ4n) is 3.92. The number of aryl methyl sites for hydroxylation is 2. The topological polar surface area (TPSA) is 104 Å². The standard InChI is InChI=1S/C26H27N3O6/c1-28-20-8-5-17(11-21(20)29(2)26(28)32)15-35-23-9-6-16(12-24(23)34-4)14-27-19-13-18(25(30)31)7-10-22(19)33-3/h5-13,27H,14-15H2,1-4H3,(H,30,31). The lowest BCUT2D eigenvalue weighted by molar-refractivity contribution is 0.0697. The molecule has 35 heavy (non-hydrogen) atoms. The van der Waals surface area contributed by atoms with Crippen LogP contribution in [0.3, 0.4) is 0 Å². The second-order valence-corrected chi connectivity index (χ2v) is 8.07. The molecular weight excluding hydrogens is 450 g/mol. The summed E-state index contributed by atoms with van der Waals surface area (Å²) < 4.78 is 20.1. The number of carboxylic acid groups (broad SMARTS) is 1. The number of nitrogens with zero attached hydrogens (tertiary/aromatic N) is 2. The van der Waals surface area contributed by atoms with Gasteiger partial charge in [-0.1, -0.05) is 12.1 Å². The van der Waals surface area contributed by atoms with Crippen LogP contribution in [-0.2, 0) is 27.2 Å². The molecule has 0 amide bonds. The summed E-state index contributed by atoms with van der Waals surface area (Å²) in [5.41, 5.74) is 4.22. The molecule has 0 radical (unpaired) electrons. The number of carboxylic acids is 1. The molecule has 0 unspecified atom stereocenters. The summed E-state index contributed by atoms with van der Waals surface area (Å²) in [4.78, 5) is 23.5. The minimum absolute atomic E-state index is 0.0729. The number of aromatic nitrogens is 2. The number of nitrogens with one attached hydrogen (secondary N) is 1. The highest BCUT2D eigenvalue weighted by atomic mass is 16.5. The Hall–Kier alpha value is -4.40. The molecule has 0 spiro atoms. The Bertz CT molecular complexity index is 1450. The number of benzene rings is 3. The van der Waals surface area contributed by atoms with Crippen LogP contribution in [-0.4, -0.2) is 34.4 Å². The predicted octanol–water partition coefficient (Wildman–Crippen LogP) is 3.78. The first-order chi connectivity index (χ1) is 16.8. The van der Waals surface area contributed by atoms with E-state index in [1.165, 1.54) is 19.2 Å². The summed E-state index contributed by atoms with van der Waals surface area (Å²) in [6.07, 6.45) is 0. The Morgan fingerprint density at radius 2 is 1.54 bits per heavy atom. The molecule has 9 nitrogen and oxygen atoms in total. The molecule has 0 saturated heterocycles. The van der Waals surface area contributed by atoms with E-state index in [0.29, 0.717) is 36.1 Å². The number of hydrogen-bond acceptors (Lipinski definition) is 6. The maximum Gasteiger partial charge on any atom is 0.335 e. The predicted molar refractivity (Wildman–Crippen MR) is 133 cm³/mol. The van der Waals surface area contributed by atoms with Gasteiger partial charge in [0.2, 0.25) is 0 Å². The molecule has 0 atom stereocenters. The second kappa shape index (κ2) is 9.84. The minimum atomic E-state index is -1.01. The maximum absolute atomic E-state index is 12.2. The van der Waals surface area contributed by atoms with Gasteiger partial charge in [0.25, 0.3) is 0 Å². The maximum atomic E-state index is 12.2. The summed E-state index contributed by atoms with van der Waals surface area (Å²) >= 11 is 0. The Morgan fingerprint density at radius 3 is 2.26 bits per heavy atom. The Balaban J connectivity index is 1.48. The van der Waals surface area contributed by atoms with Gasteiger partial charge in [-0.05, 0) is 53.6 Å². The first-order valence-electron chi connectivity index (χ1n) is 10.9. The molecular formula is C26H27N3O6. The van der Waals surface area contributed by atoms with Crippen LogP contribution < -0.4 is 25.2 Å². The van der Waals surface area contributed by atoms with E-state index in [4.69, 9.17) is 14.2 Å². The van der Waals surface area contributed by atoms with Crippen molar-refractivity contribution < 1.29 is 24.1 Å². The summed E-state index contributed by atoms with van der Waals surface area (Å²) in [5, 5.41) is 12.5. The highest BCUT2D eigenvalue weighted by Gasteiger charge is 2.12. The van der Waals surface area contributed by atoms with Gasteiger partial charge in [-0.25, -0.2) is 9.59 Å². The largest absolute Gasteiger partial charge is 0.495 e. The number of carbonyl (C=O) groups is 1. The molecule has 0 saturated carbocycles. The van der Waals surface area contributed by atoms with E-state index >= 15 is 0 Å². The fraction of sp³-hybridized carbons (Fsp3) is 0.231. The highest BCUT2D eigenvalue weighted by molar-refractivity contribution is 5.89. The van der Waals surface area contributed by atoms with Crippen molar-refractivity contribution in [1.82, 2.24) is 9.13 Å². The van der Waals surface area contributed by atoms with Gasteiger partial charge >= 0.3 is 11.7 Å². The molecule has 4 aromatic rings. The lowest BCUT2D eigenvalue weighted by Gasteiger charge is -2.15. The van der Waals surface area contributed by atoms with E-state index in [-0.39, 0.29) is 11.3 Å². The van der Waals surface area contributed by atoms with Crippen LogP contribution in [0.25, 0.3) is 11.0 Å². The van der Waals surface area contributed by atoms with Crippen molar-refractivity contribution in [2.45, 2.75) is 13.2 Å². The monoisotopic (exact) mass is 477 g/mol. The van der Waals surface area contributed by atoms with Crippen molar-refractivity contribution in [3.63, 3.8) is 0 Å². The second-order valence-electron chi connectivity index (χ2n) is 8.07. The number of hydrogen-bond donors (Lipinski definition) is 2. The minimum Gasteiger partial charge on any atom is -0.495 e. The Morgan fingerprint density at radius 1 is 0.857 bits per heavy atom. The van der Waals surface area contributed by atoms with Crippen molar-refractivity contribution in [3.8, 4) is 17.2 Å². The number of aromatic carboxylic acids is 1. The van der Waals surface area contributed by atoms with E-state index in [9.17, 15) is 14.7 Å². The third kappa shape index (κ3) is 4.79. The molecule has 0 fully saturated rings. The molecule has 0 aliphatic heterocycles. The van der Waals surface area contributed by atoms with E-state index in [1.807, 2.05) is 36.4 Å². The number of imidazole rings is 1. The highest BCUT2D eigenvalue weighted by Crippen LogP contribution is 2.31. The molecule has 9 heteroatoms. The third-order valence-corrected chi connectivity index (χ3v) is 5.89. The summed E-state index contributed by atoms with van der Waals surface area (Å²) in [6.45, 7) is 0.737. The van der Waals surface area contributed by atoms with Crippen molar-refractivity contribution in [1.29, 1.82) is 0 Å². The quantitative estimate of drug-likeness (QED) is 0.378. The smallest absolute Gasteiger partial charge is 0.335 e. The van der Waals surface area contributed by atoms with Crippen LogP contribution in [0.2, 0.25) is 0 Å². The zero-order valence-corrected chi connectivity index (χ0v) is 20.0. The zero-order chi connectivity index (χ0) is 25.1. The molecule has 3 aromatic carbocycles. The summed E-state index contributed by atoms with van der Waals surface area (Å²) in [7, 11) is 6.61. The Labute approximate surface area is 202 Å². The Kier molecular flexibility index (Phi) is 6.68. The fourth-order valence-corrected chi connectivity index (χ4v) is 3.92. The van der Waals surface area contributed by atoms with Crippen molar-refractivity contribution >= 4 is 22.7 Å². The van der Waals surface area contributed by atoms with Gasteiger partial charge in [0, 0.05) is 20.6 Å². The molecule has 0 aliphatic carbocycles. The SMILES string of the molecule is COc1ccc(C(=O)O)cc1NCc1ccc(OCc2ccc3c(c2)n(C)c(=O)n3C)c(OC)c1. The first-order valence-corrected chi connectivity index (χ1v) is 10.9.